The van der Waals surface area contributed by atoms with E-state index in [2.05, 4.69) is 62.5 Å². The maximum absolute atomic E-state index is 6.19. The molecule has 1 heterocycles. The van der Waals surface area contributed by atoms with Crippen LogP contribution >= 0.6 is 0 Å². The molecule has 0 saturated heterocycles. The van der Waals surface area contributed by atoms with Gasteiger partial charge in [0.2, 0.25) is 6.33 Å². The van der Waals surface area contributed by atoms with Crippen LogP contribution in [-0.2, 0) is 31.0 Å². The van der Waals surface area contributed by atoms with E-state index in [1.54, 1.807) is 14.2 Å². The maximum atomic E-state index is 6.19. The predicted molar refractivity (Wildman–Crippen MR) is 107 cm³/mol. The van der Waals surface area contributed by atoms with Crippen LogP contribution < -0.4 is 4.57 Å². The fourth-order valence-electron chi connectivity index (χ4n) is 2.81. The Morgan fingerprint density at radius 2 is 1.67 bits per heavy atom. The Hall–Kier alpha value is -0.950. The number of methoxy groups -OCH3 is 2. The van der Waals surface area contributed by atoms with Gasteiger partial charge in [0.15, 0.2) is 0 Å². The van der Waals surface area contributed by atoms with Crippen LogP contribution in [0.5, 0.6) is 0 Å². The Balaban J connectivity index is 2.48. The third kappa shape index (κ3) is 8.30. The van der Waals surface area contributed by atoms with Gasteiger partial charge in [-0.1, -0.05) is 6.92 Å². The lowest BCUT2D eigenvalue weighted by atomic mass is 9.93. The van der Waals surface area contributed by atoms with Gasteiger partial charge in [-0.2, -0.15) is 0 Å². The molecule has 0 fully saturated rings. The molecular formula is C21H41N2O4+. The van der Waals surface area contributed by atoms with Gasteiger partial charge in [-0.3, -0.25) is 0 Å². The smallest absolute Gasteiger partial charge is 0.244 e. The van der Waals surface area contributed by atoms with Crippen molar-refractivity contribution >= 4 is 0 Å². The van der Waals surface area contributed by atoms with Crippen molar-refractivity contribution in [1.82, 2.24) is 4.57 Å². The largest absolute Gasteiger partial charge is 0.384 e. The van der Waals surface area contributed by atoms with Crippen LogP contribution in [0.3, 0.4) is 0 Å². The normalized spacial score (nSPS) is 15.1. The quantitative estimate of drug-likeness (QED) is 0.462. The Morgan fingerprint density at radius 3 is 2.30 bits per heavy atom. The second-order valence-electron chi connectivity index (χ2n) is 8.57. The van der Waals surface area contributed by atoms with E-state index in [-0.39, 0.29) is 17.2 Å². The summed E-state index contributed by atoms with van der Waals surface area (Å²) in [7, 11) is 3.43. The van der Waals surface area contributed by atoms with E-state index in [1.165, 1.54) is 0 Å². The van der Waals surface area contributed by atoms with E-state index in [0.717, 1.165) is 13.0 Å². The fraction of sp³-hybridized carbons (Fsp3) is 0.857. The Bertz CT molecular complexity index is 528. The van der Waals surface area contributed by atoms with Crippen LogP contribution in [0, 0.1) is 5.92 Å². The average molecular weight is 386 g/mol. The molecule has 0 aliphatic carbocycles. The zero-order valence-electron chi connectivity index (χ0n) is 18.7. The van der Waals surface area contributed by atoms with Crippen LogP contribution in [0.1, 0.15) is 48.0 Å². The number of aromatic nitrogens is 2. The van der Waals surface area contributed by atoms with Crippen molar-refractivity contribution in [3.8, 4) is 0 Å². The van der Waals surface area contributed by atoms with Crippen molar-refractivity contribution in [2.24, 2.45) is 5.92 Å². The summed E-state index contributed by atoms with van der Waals surface area (Å²) in [6.45, 7) is 16.5. The van der Waals surface area contributed by atoms with Gasteiger partial charge in [-0.25, -0.2) is 9.13 Å². The first-order valence-electron chi connectivity index (χ1n) is 9.93. The molecule has 0 spiro atoms. The summed E-state index contributed by atoms with van der Waals surface area (Å²) in [5, 5.41) is 0. The lowest BCUT2D eigenvalue weighted by molar-refractivity contribution is -0.698. The first-order chi connectivity index (χ1) is 12.6. The van der Waals surface area contributed by atoms with Gasteiger partial charge in [-0.15, -0.1) is 0 Å². The van der Waals surface area contributed by atoms with Crippen LogP contribution in [-0.4, -0.2) is 56.9 Å². The third-order valence-corrected chi connectivity index (χ3v) is 5.34. The molecule has 0 saturated carbocycles. The minimum atomic E-state index is -0.196. The van der Waals surface area contributed by atoms with E-state index < -0.39 is 0 Å². The summed E-state index contributed by atoms with van der Waals surface area (Å²) in [6, 6.07) is 0. The molecule has 0 amide bonds. The highest BCUT2D eigenvalue weighted by molar-refractivity contribution is 4.83. The molecule has 2 unspecified atom stereocenters. The van der Waals surface area contributed by atoms with Gasteiger partial charge < -0.3 is 18.9 Å². The highest BCUT2D eigenvalue weighted by Gasteiger charge is 2.30. The van der Waals surface area contributed by atoms with E-state index in [1.807, 2.05) is 6.92 Å². The van der Waals surface area contributed by atoms with E-state index in [4.69, 9.17) is 18.9 Å². The van der Waals surface area contributed by atoms with Crippen molar-refractivity contribution in [2.45, 2.75) is 71.8 Å². The van der Waals surface area contributed by atoms with Crippen LogP contribution in [0.25, 0.3) is 0 Å². The summed E-state index contributed by atoms with van der Waals surface area (Å²) in [5.41, 5.74) is -0.213. The average Bonchev–Trinajstić information content (AvgIpc) is 3.05. The zero-order chi connectivity index (χ0) is 20.5. The molecule has 0 aromatic carbocycles. The Kier molecular flexibility index (Phi) is 9.95. The summed E-state index contributed by atoms with van der Waals surface area (Å²) in [6.07, 6.45) is 7.42. The molecule has 0 aliphatic rings. The highest BCUT2D eigenvalue weighted by Crippen LogP contribution is 2.25. The number of imidazole rings is 1. The van der Waals surface area contributed by atoms with Crippen molar-refractivity contribution in [3.63, 3.8) is 0 Å². The van der Waals surface area contributed by atoms with Crippen molar-refractivity contribution in [3.05, 3.63) is 18.7 Å². The van der Waals surface area contributed by atoms with Crippen molar-refractivity contribution < 1.29 is 23.5 Å². The number of rotatable bonds is 14. The zero-order valence-corrected chi connectivity index (χ0v) is 18.7. The minimum absolute atomic E-state index is 0.0178. The molecule has 0 aliphatic heterocycles. The number of ether oxygens (including phenoxy) is 4. The molecule has 0 radical (unpaired) electrons. The summed E-state index contributed by atoms with van der Waals surface area (Å²) in [5.74, 6) is 0.347. The van der Waals surface area contributed by atoms with Gasteiger partial charge in [0.25, 0.3) is 0 Å². The number of hydrogen-bond donors (Lipinski definition) is 0. The van der Waals surface area contributed by atoms with Gasteiger partial charge in [0.05, 0.1) is 38.1 Å². The second kappa shape index (κ2) is 11.1. The Morgan fingerprint density at radius 1 is 1.00 bits per heavy atom. The van der Waals surface area contributed by atoms with Crippen LogP contribution in [0.15, 0.2) is 18.7 Å². The Labute approximate surface area is 165 Å². The topological polar surface area (TPSA) is 45.7 Å². The van der Waals surface area contributed by atoms with Crippen LogP contribution in [0.2, 0.25) is 0 Å². The van der Waals surface area contributed by atoms with Gasteiger partial charge in [-0.05, 0) is 34.6 Å². The SMILES string of the molecule is COCC(C)OCC[n+]1ccn(C(C)(C)CCOC(C)(C)C(C)COC)c1. The van der Waals surface area contributed by atoms with E-state index in [9.17, 15) is 0 Å². The molecule has 6 nitrogen and oxygen atoms in total. The second-order valence-corrected chi connectivity index (χ2v) is 8.57. The van der Waals surface area contributed by atoms with Crippen molar-refractivity contribution in [2.75, 3.05) is 40.6 Å². The monoisotopic (exact) mass is 385 g/mol. The molecule has 0 bridgehead atoms. The first kappa shape index (κ1) is 24.1. The van der Waals surface area contributed by atoms with Crippen molar-refractivity contribution in [1.29, 1.82) is 0 Å². The van der Waals surface area contributed by atoms with Crippen LogP contribution in [0.4, 0.5) is 0 Å². The molecule has 2 atom stereocenters. The summed E-state index contributed by atoms with van der Waals surface area (Å²) in [4.78, 5) is 0. The first-order valence-corrected chi connectivity index (χ1v) is 9.93. The van der Waals surface area contributed by atoms with Gasteiger partial charge in [0, 0.05) is 26.6 Å². The fourth-order valence-corrected chi connectivity index (χ4v) is 2.81. The predicted octanol–water partition coefficient (Wildman–Crippen LogP) is 3.03. The summed E-state index contributed by atoms with van der Waals surface area (Å²) < 4.78 is 26.7. The van der Waals surface area contributed by atoms with Gasteiger partial charge >= 0.3 is 0 Å². The molecule has 0 N–H and O–H groups in total. The lowest BCUT2D eigenvalue weighted by Gasteiger charge is -2.33. The molecule has 1 aromatic heterocycles. The van der Waals surface area contributed by atoms with Gasteiger partial charge in [0.1, 0.15) is 24.5 Å². The molecule has 1 aromatic rings. The third-order valence-electron chi connectivity index (χ3n) is 5.34. The number of nitrogens with zero attached hydrogens (tertiary/aromatic N) is 2. The maximum Gasteiger partial charge on any atom is 0.244 e. The molecule has 1 rings (SSSR count). The molecular weight excluding hydrogens is 344 g/mol. The molecule has 158 valence electrons. The van der Waals surface area contributed by atoms with E-state index in [0.29, 0.717) is 32.3 Å². The van der Waals surface area contributed by atoms with E-state index >= 15 is 0 Å². The molecule has 27 heavy (non-hydrogen) atoms. The standard InChI is InChI=1S/C21H41N2O4/c1-18(15-24-7)21(5,6)27-13-9-20(3,4)23-11-10-22(17-23)12-14-26-19(2)16-25-8/h10-11,17-19H,9,12-16H2,1-8H3/q+1. The lowest BCUT2D eigenvalue weighted by Crippen LogP contribution is -2.38. The highest BCUT2D eigenvalue weighted by atomic mass is 16.5. The number of hydrogen-bond acceptors (Lipinski definition) is 4. The minimum Gasteiger partial charge on any atom is -0.384 e. The molecule has 6 heteroatoms. The summed E-state index contributed by atoms with van der Waals surface area (Å²) >= 11 is 0.